The number of anilines is 2. The summed E-state index contributed by atoms with van der Waals surface area (Å²) in [6.45, 7) is 14.8. The first-order valence-electron chi connectivity index (χ1n) is 16.7. The number of hydrogen-bond donors (Lipinski definition) is 1. The second kappa shape index (κ2) is 15.5. The van der Waals surface area contributed by atoms with Crippen LogP contribution in [0, 0.1) is 0 Å². The maximum absolute atomic E-state index is 14.0. The Morgan fingerprint density at radius 1 is 0.902 bits per heavy atom. The molecule has 0 aliphatic carbocycles. The molecule has 0 saturated carbocycles. The van der Waals surface area contributed by atoms with Gasteiger partial charge in [0, 0.05) is 58.9 Å². The molecule has 15 heteroatoms. The number of methoxy groups -OCH3 is 1. The maximum Gasteiger partial charge on any atom is 0.417 e. The molecular formula is C36H45F3N6O4Si2. The number of benzene rings is 1. The van der Waals surface area contributed by atoms with Crippen molar-refractivity contribution in [3.8, 4) is 17.4 Å². The highest BCUT2D eigenvalue weighted by Gasteiger charge is 2.35. The summed E-state index contributed by atoms with van der Waals surface area (Å²) in [6.07, 6.45) is 0.1000. The van der Waals surface area contributed by atoms with Gasteiger partial charge in [0.25, 0.3) is 0 Å². The standard InChI is InChI=1S/C36H45F3N6O4Si2/c1-47-35-28(13-10-14-40-35)42-32-20-30-29(21-41-32)43-34(45(30)24-49-16-18-51(5,6)7)31-19-25(22-44(31)23-48-15-17-50(2,3)4)33(46)26-11-8-9-12-27(26)36(37,38)39/h8-14,19-22H,15-18,23-24H2,1-7H3,(H,41,42). The summed E-state index contributed by atoms with van der Waals surface area (Å²) in [7, 11) is -1.27. The van der Waals surface area contributed by atoms with Gasteiger partial charge in [0.05, 0.1) is 30.1 Å². The van der Waals surface area contributed by atoms with Crippen LogP contribution in [-0.4, -0.2) is 66.3 Å². The van der Waals surface area contributed by atoms with Gasteiger partial charge in [0.15, 0.2) is 11.6 Å². The maximum atomic E-state index is 14.0. The number of alkyl halides is 3. The number of nitrogens with zero attached hydrogens (tertiary/aromatic N) is 5. The monoisotopic (exact) mass is 738 g/mol. The number of pyridine rings is 2. The molecule has 10 nitrogen and oxygen atoms in total. The molecule has 1 aromatic carbocycles. The first-order chi connectivity index (χ1) is 24.0. The van der Waals surface area contributed by atoms with Gasteiger partial charge in [-0.05, 0) is 36.4 Å². The lowest BCUT2D eigenvalue weighted by atomic mass is 9.99. The summed E-state index contributed by atoms with van der Waals surface area (Å²) in [5, 5.41) is 3.26. The Morgan fingerprint density at radius 3 is 2.25 bits per heavy atom. The molecule has 0 aliphatic rings. The lowest BCUT2D eigenvalue weighted by molar-refractivity contribution is -0.137. The van der Waals surface area contributed by atoms with Crippen molar-refractivity contribution in [2.75, 3.05) is 25.6 Å². The van der Waals surface area contributed by atoms with E-state index in [0.717, 1.165) is 18.2 Å². The first kappa shape index (κ1) is 37.9. The van der Waals surface area contributed by atoms with E-state index in [9.17, 15) is 18.0 Å². The van der Waals surface area contributed by atoms with Crippen LogP contribution in [0.25, 0.3) is 22.6 Å². The topological polar surface area (TPSA) is 105 Å². The zero-order valence-electron chi connectivity index (χ0n) is 30.1. The number of ketones is 1. The average molecular weight is 739 g/mol. The molecule has 0 unspecified atom stereocenters. The third-order valence-corrected chi connectivity index (χ3v) is 11.6. The summed E-state index contributed by atoms with van der Waals surface area (Å²) in [4.78, 5) is 27.5. The number of ether oxygens (including phenoxy) is 3. The van der Waals surface area contributed by atoms with E-state index < -0.39 is 39.2 Å². The van der Waals surface area contributed by atoms with Crippen molar-refractivity contribution in [3.05, 3.63) is 83.8 Å². The van der Waals surface area contributed by atoms with Crippen molar-refractivity contribution in [2.24, 2.45) is 0 Å². The number of rotatable bonds is 16. The van der Waals surface area contributed by atoms with Gasteiger partial charge >= 0.3 is 6.18 Å². The molecular weight excluding hydrogens is 694 g/mol. The fourth-order valence-corrected chi connectivity index (χ4v) is 6.81. The Balaban J connectivity index is 1.60. The first-order valence-corrected chi connectivity index (χ1v) is 24.1. The van der Waals surface area contributed by atoms with Crippen LogP contribution >= 0.6 is 0 Å². The number of fused-ring (bicyclic) bond motifs is 1. The van der Waals surface area contributed by atoms with Crippen LogP contribution in [0.4, 0.5) is 24.7 Å². The molecule has 4 heterocycles. The third-order valence-electron chi connectivity index (χ3n) is 8.17. The number of nitrogens with one attached hydrogen (secondary N) is 1. The average Bonchev–Trinajstić information content (AvgIpc) is 3.65. The Kier molecular flexibility index (Phi) is 11.5. The number of hydrogen-bond acceptors (Lipinski definition) is 8. The lowest BCUT2D eigenvalue weighted by Crippen LogP contribution is -2.22. The van der Waals surface area contributed by atoms with Crippen molar-refractivity contribution in [1.82, 2.24) is 24.1 Å². The van der Waals surface area contributed by atoms with Crippen molar-refractivity contribution >= 4 is 44.5 Å². The van der Waals surface area contributed by atoms with Crippen molar-refractivity contribution in [2.45, 2.75) is 71.0 Å². The van der Waals surface area contributed by atoms with Crippen LogP contribution in [0.2, 0.25) is 51.4 Å². The largest absolute Gasteiger partial charge is 0.480 e. The number of carbonyl (C=O) groups is 1. The molecule has 0 bridgehead atoms. The van der Waals surface area contributed by atoms with Gasteiger partial charge in [-0.3, -0.25) is 9.36 Å². The van der Waals surface area contributed by atoms with Crippen molar-refractivity contribution in [1.29, 1.82) is 0 Å². The predicted octanol–water partition coefficient (Wildman–Crippen LogP) is 8.92. The fourth-order valence-electron chi connectivity index (χ4n) is 5.30. The number of carbonyl (C=O) groups excluding carboxylic acids is 1. The highest BCUT2D eigenvalue weighted by molar-refractivity contribution is 6.76. The molecule has 0 fully saturated rings. The molecule has 1 N–H and O–H groups in total. The summed E-state index contributed by atoms with van der Waals surface area (Å²) in [5.41, 5.74) is 1.03. The second-order valence-corrected chi connectivity index (χ2v) is 26.0. The minimum Gasteiger partial charge on any atom is -0.480 e. The van der Waals surface area contributed by atoms with E-state index in [1.54, 1.807) is 29.1 Å². The molecule has 272 valence electrons. The van der Waals surface area contributed by atoms with Crippen molar-refractivity contribution < 1.29 is 32.2 Å². The molecule has 5 aromatic rings. The van der Waals surface area contributed by atoms with E-state index in [1.165, 1.54) is 31.5 Å². The Labute approximate surface area is 298 Å². The minimum absolute atomic E-state index is 0.0690. The van der Waals surface area contributed by atoms with E-state index in [-0.39, 0.29) is 19.0 Å². The van der Waals surface area contributed by atoms with Gasteiger partial charge in [-0.1, -0.05) is 57.5 Å². The van der Waals surface area contributed by atoms with Gasteiger partial charge in [0.1, 0.15) is 30.5 Å². The Morgan fingerprint density at radius 2 is 1.59 bits per heavy atom. The Bertz CT molecular complexity index is 1980. The highest BCUT2D eigenvalue weighted by Crippen LogP contribution is 2.35. The SMILES string of the molecule is COc1ncccc1Nc1cc2c(cn1)nc(-c1cc(C(=O)c3ccccc3C(F)(F)F)cn1COCC[Si](C)(C)C)n2COCC[Si](C)(C)C. The van der Waals surface area contributed by atoms with Gasteiger partial charge in [0.2, 0.25) is 5.88 Å². The summed E-state index contributed by atoms with van der Waals surface area (Å²) in [6, 6.07) is 13.7. The van der Waals surface area contributed by atoms with Gasteiger partial charge < -0.3 is 24.1 Å². The predicted molar refractivity (Wildman–Crippen MR) is 198 cm³/mol. The Hall–Kier alpha value is -4.32. The van der Waals surface area contributed by atoms with Crippen LogP contribution in [0.3, 0.4) is 0 Å². The van der Waals surface area contributed by atoms with Gasteiger partial charge in [-0.25, -0.2) is 15.0 Å². The number of halogens is 3. The highest BCUT2D eigenvalue weighted by atomic mass is 28.3. The quantitative estimate of drug-likeness (QED) is 0.0608. The summed E-state index contributed by atoms with van der Waals surface area (Å²) < 4.78 is 63.2. The molecule has 0 saturated heterocycles. The van der Waals surface area contributed by atoms with E-state index >= 15 is 0 Å². The summed E-state index contributed by atoms with van der Waals surface area (Å²) >= 11 is 0. The molecule has 0 amide bonds. The molecule has 0 radical (unpaired) electrons. The van der Waals surface area contributed by atoms with Crippen LogP contribution in [-0.2, 0) is 29.1 Å². The lowest BCUT2D eigenvalue weighted by Gasteiger charge is -2.18. The van der Waals surface area contributed by atoms with E-state index in [4.69, 9.17) is 19.2 Å². The second-order valence-electron chi connectivity index (χ2n) is 14.8. The molecule has 51 heavy (non-hydrogen) atoms. The molecule has 0 spiro atoms. The van der Waals surface area contributed by atoms with Gasteiger partial charge in [-0.2, -0.15) is 13.2 Å². The molecule has 0 atom stereocenters. The van der Waals surface area contributed by atoms with E-state index in [2.05, 4.69) is 54.6 Å². The zero-order chi connectivity index (χ0) is 37.0. The van der Waals surface area contributed by atoms with Crippen LogP contribution in [0.15, 0.2) is 67.1 Å². The minimum atomic E-state index is -4.70. The summed E-state index contributed by atoms with van der Waals surface area (Å²) in [5.74, 6) is 0.610. The smallest absolute Gasteiger partial charge is 0.417 e. The molecule has 4 aromatic heterocycles. The van der Waals surface area contributed by atoms with Crippen LogP contribution < -0.4 is 10.1 Å². The molecule has 5 rings (SSSR count). The molecule has 0 aliphatic heterocycles. The fraction of sp³-hybridized carbons (Fsp3) is 0.389. The van der Waals surface area contributed by atoms with Crippen molar-refractivity contribution in [3.63, 3.8) is 0 Å². The zero-order valence-corrected chi connectivity index (χ0v) is 32.1. The van der Waals surface area contributed by atoms with Crippen LogP contribution in [0.1, 0.15) is 21.5 Å². The van der Waals surface area contributed by atoms with Gasteiger partial charge in [-0.15, -0.1) is 0 Å². The normalized spacial score (nSPS) is 12.4. The third kappa shape index (κ3) is 9.72. The number of aromatic nitrogens is 5. The van der Waals surface area contributed by atoms with Crippen LogP contribution in [0.5, 0.6) is 5.88 Å². The number of imidazole rings is 1. The van der Waals surface area contributed by atoms with E-state index in [0.29, 0.717) is 53.2 Å². The van der Waals surface area contributed by atoms with E-state index in [1.807, 2.05) is 16.7 Å².